The number of fused-ring (bicyclic) bond motifs is 5. The Bertz CT molecular complexity index is 1300. The second kappa shape index (κ2) is 5.72. The predicted octanol–water partition coefficient (Wildman–Crippen LogP) is 4.64. The molecule has 0 saturated heterocycles. The van der Waals surface area contributed by atoms with Crippen molar-refractivity contribution in [1.29, 1.82) is 0 Å². The molecule has 27 heavy (non-hydrogen) atoms. The monoisotopic (exact) mass is 368 g/mol. The first kappa shape index (κ1) is 16.1. The van der Waals surface area contributed by atoms with E-state index >= 15 is 0 Å². The summed E-state index contributed by atoms with van der Waals surface area (Å²) < 4.78 is 2.05. The van der Waals surface area contributed by atoms with Crippen molar-refractivity contribution in [2.45, 2.75) is 19.6 Å². The first-order chi connectivity index (χ1) is 13.0. The molecule has 0 aliphatic rings. The standard InChI is InChI=1S/C22H20N4Si/c1-27(2,3)16-10-8-15(9-11-16)19-12-17-20(13-23-19)24-14-26-21-7-5-4-6-18(21)25-22(17)26/h4-14H,1-3H3. The minimum Gasteiger partial charge on any atom is -0.282 e. The molecule has 0 spiro atoms. The second-order valence-corrected chi connectivity index (χ2v) is 13.0. The van der Waals surface area contributed by atoms with Gasteiger partial charge >= 0.3 is 0 Å². The van der Waals surface area contributed by atoms with Gasteiger partial charge in [-0.2, -0.15) is 0 Å². The first-order valence-electron chi connectivity index (χ1n) is 9.13. The molecule has 3 heterocycles. The highest BCUT2D eigenvalue weighted by Crippen LogP contribution is 2.26. The van der Waals surface area contributed by atoms with Crippen LogP contribution in [0.5, 0.6) is 0 Å². The van der Waals surface area contributed by atoms with Crippen LogP contribution in [-0.4, -0.2) is 27.4 Å². The maximum atomic E-state index is 4.83. The summed E-state index contributed by atoms with van der Waals surface area (Å²) in [5, 5.41) is 2.48. The minimum atomic E-state index is -1.30. The van der Waals surface area contributed by atoms with Crippen LogP contribution in [0.2, 0.25) is 19.6 Å². The summed E-state index contributed by atoms with van der Waals surface area (Å²) in [5.74, 6) is 0. The van der Waals surface area contributed by atoms with E-state index in [1.165, 1.54) is 5.19 Å². The van der Waals surface area contributed by atoms with Crippen LogP contribution in [0.25, 0.3) is 38.8 Å². The van der Waals surface area contributed by atoms with Crippen molar-refractivity contribution in [3.8, 4) is 11.3 Å². The van der Waals surface area contributed by atoms with Crippen molar-refractivity contribution in [1.82, 2.24) is 19.4 Å². The molecule has 0 amide bonds. The SMILES string of the molecule is C[Si](C)(C)c1ccc(-c2cc3c(cn2)ncn2c4ccccc4nc32)cc1. The van der Waals surface area contributed by atoms with Gasteiger partial charge in [0.15, 0.2) is 0 Å². The zero-order valence-corrected chi connectivity index (χ0v) is 16.6. The molecule has 132 valence electrons. The summed E-state index contributed by atoms with van der Waals surface area (Å²) in [6, 6.07) is 19.1. The van der Waals surface area contributed by atoms with Crippen LogP contribution < -0.4 is 5.19 Å². The molecule has 0 radical (unpaired) electrons. The van der Waals surface area contributed by atoms with E-state index in [0.29, 0.717) is 0 Å². The molecule has 5 rings (SSSR count). The molecule has 0 N–H and O–H groups in total. The van der Waals surface area contributed by atoms with E-state index in [-0.39, 0.29) is 0 Å². The second-order valence-electron chi connectivity index (χ2n) is 7.95. The molecule has 3 aromatic heterocycles. The molecular formula is C22H20N4Si. The van der Waals surface area contributed by atoms with Gasteiger partial charge in [-0.3, -0.25) is 9.38 Å². The van der Waals surface area contributed by atoms with Crippen molar-refractivity contribution in [2.24, 2.45) is 0 Å². The van der Waals surface area contributed by atoms with Gasteiger partial charge in [0.05, 0.1) is 36.5 Å². The zero-order chi connectivity index (χ0) is 18.6. The Labute approximate surface area is 158 Å². The summed E-state index contributed by atoms with van der Waals surface area (Å²) >= 11 is 0. The van der Waals surface area contributed by atoms with Gasteiger partial charge in [0.2, 0.25) is 0 Å². The number of para-hydroxylation sites is 2. The predicted molar refractivity (Wildman–Crippen MR) is 114 cm³/mol. The largest absolute Gasteiger partial charge is 0.282 e. The molecular weight excluding hydrogens is 348 g/mol. The Hall–Kier alpha value is -3.05. The normalized spacial score (nSPS) is 12.3. The molecule has 5 heteroatoms. The summed E-state index contributed by atoms with van der Waals surface area (Å²) in [7, 11) is -1.30. The van der Waals surface area contributed by atoms with Crippen LogP contribution in [0.15, 0.2) is 67.1 Å². The van der Waals surface area contributed by atoms with Crippen LogP contribution in [0.4, 0.5) is 0 Å². The highest BCUT2D eigenvalue weighted by molar-refractivity contribution is 6.88. The molecule has 0 bridgehead atoms. The molecule has 5 aromatic rings. The van der Waals surface area contributed by atoms with Gasteiger partial charge in [0.1, 0.15) is 12.0 Å². The maximum Gasteiger partial charge on any atom is 0.148 e. The number of aromatic nitrogens is 4. The third-order valence-electron chi connectivity index (χ3n) is 5.08. The summed E-state index contributed by atoms with van der Waals surface area (Å²) in [6.07, 6.45) is 3.67. The van der Waals surface area contributed by atoms with Crippen molar-refractivity contribution < 1.29 is 0 Å². The molecule has 4 nitrogen and oxygen atoms in total. The van der Waals surface area contributed by atoms with Gasteiger partial charge in [0.25, 0.3) is 0 Å². The number of rotatable bonds is 2. The minimum absolute atomic E-state index is 0.861. The van der Waals surface area contributed by atoms with E-state index in [0.717, 1.165) is 38.8 Å². The van der Waals surface area contributed by atoms with Gasteiger partial charge in [-0.25, -0.2) is 9.97 Å². The van der Waals surface area contributed by atoms with E-state index in [2.05, 4.69) is 70.4 Å². The quantitative estimate of drug-likeness (QED) is 0.426. The van der Waals surface area contributed by atoms with E-state index in [9.17, 15) is 0 Å². The summed E-state index contributed by atoms with van der Waals surface area (Å²) in [4.78, 5) is 14.0. The van der Waals surface area contributed by atoms with Crippen LogP contribution in [0.1, 0.15) is 0 Å². The highest BCUT2D eigenvalue weighted by Gasteiger charge is 2.16. The Morgan fingerprint density at radius 3 is 2.41 bits per heavy atom. The average molecular weight is 369 g/mol. The lowest BCUT2D eigenvalue weighted by Crippen LogP contribution is -2.37. The van der Waals surface area contributed by atoms with Crippen molar-refractivity contribution >= 4 is 40.8 Å². The van der Waals surface area contributed by atoms with Crippen LogP contribution in [-0.2, 0) is 0 Å². The Balaban J connectivity index is 1.71. The Morgan fingerprint density at radius 1 is 0.852 bits per heavy atom. The van der Waals surface area contributed by atoms with Crippen LogP contribution in [0.3, 0.4) is 0 Å². The fourth-order valence-electron chi connectivity index (χ4n) is 3.50. The third-order valence-corrected chi connectivity index (χ3v) is 7.14. The number of benzene rings is 2. The van der Waals surface area contributed by atoms with Crippen LogP contribution in [0, 0.1) is 0 Å². The number of imidazole rings is 1. The smallest absolute Gasteiger partial charge is 0.148 e. The first-order valence-corrected chi connectivity index (χ1v) is 12.6. The maximum absolute atomic E-state index is 4.83. The van der Waals surface area contributed by atoms with Gasteiger partial charge in [-0.1, -0.05) is 61.2 Å². The van der Waals surface area contributed by atoms with Gasteiger partial charge < -0.3 is 0 Å². The molecule has 0 aliphatic heterocycles. The lowest BCUT2D eigenvalue weighted by atomic mass is 10.1. The molecule has 2 aromatic carbocycles. The molecule has 0 fully saturated rings. The fraction of sp³-hybridized carbons (Fsp3) is 0.136. The number of hydrogen-bond acceptors (Lipinski definition) is 3. The van der Waals surface area contributed by atoms with Crippen molar-refractivity contribution in [3.05, 3.63) is 67.1 Å². The molecule has 0 atom stereocenters. The molecule has 0 aliphatic carbocycles. The lowest BCUT2D eigenvalue weighted by molar-refractivity contribution is 1.14. The van der Waals surface area contributed by atoms with Gasteiger partial charge in [-0.15, -0.1) is 0 Å². The van der Waals surface area contributed by atoms with Crippen molar-refractivity contribution in [3.63, 3.8) is 0 Å². The topological polar surface area (TPSA) is 43.1 Å². The molecule has 0 saturated carbocycles. The number of hydrogen-bond donors (Lipinski definition) is 0. The van der Waals surface area contributed by atoms with Gasteiger partial charge in [-0.05, 0) is 18.2 Å². The fourth-order valence-corrected chi connectivity index (χ4v) is 4.67. The Kier molecular flexibility index (Phi) is 3.42. The van der Waals surface area contributed by atoms with E-state index in [4.69, 9.17) is 4.98 Å². The Morgan fingerprint density at radius 2 is 1.63 bits per heavy atom. The van der Waals surface area contributed by atoms with E-state index in [1.54, 1.807) is 0 Å². The lowest BCUT2D eigenvalue weighted by Gasteiger charge is -2.16. The number of nitrogens with zero attached hydrogens (tertiary/aromatic N) is 4. The van der Waals surface area contributed by atoms with E-state index in [1.807, 2.05) is 30.7 Å². The van der Waals surface area contributed by atoms with Crippen molar-refractivity contribution in [2.75, 3.05) is 0 Å². The molecule has 0 unspecified atom stereocenters. The van der Waals surface area contributed by atoms with Gasteiger partial charge in [0, 0.05) is 10.9 Å². The average Bonchev–Trinajstić information content (AvgIpc) is 3.06. The third kappa shape index (κ3) is 2.62. The zero-order valence-electron chi connectivity index (χ0n) is 15.6. The number of pyridine rings is 1. The summed E-state index contributed by atoms with van der Waals surface area (Å²) in [6.45, 7) is 7.09. The summed E-state index contributed by atoms with van der Waals surface area (Å²) in [5.41, 5.74) is 5.90. The highest BCUT2D eigenvalue weighted by atomic mass is 28.3. The van der Waals surface area contributed by atoms with Crippen LogP contribution >= 0.6 is 0 Å². The van der Waals surface area contributed by atoms with E-state index < -0.39 is 8.07 Å².